The molecule has 0 amide bonds. The fourth-order valence-electron chi connectivity index (χ4n) is 10.5. The smallest absolute Gasteiger partial charge is 0.0714 e. The van der Waals surface area contributed by atoms with Crippen molar-refractivity contribution >= 4 is 27.8 Å². The lowest BCUT2D eigenvalue weighted by atomic mass is 9.67. The topological polar surface area (TPSA) is 3.24 Å². The first kappa shape index (κ1) is 39.1. The number of benzene rings is 11. The molecular weight excluding hydrogens is 795 g/mol. The third-order valence-electron chi connectivity index (χ3n) is 13.6. The highest BCUT2D eigenvalue weighted by Crippen LogP contribution is 2.57. The molecule has 12 rings (SSSR count). The van der Waals surface area contributed by atoms with Gasteiger partial charge in [-0.3, -0.25) is 0 Å². The predicted octanol–water partition coefficient (Wildman–Crippen LogP) is 17.3. The fourth-order valence-corrected chi connectivity index (χ4v) is 10.5. The number of nitrogens with zero attached hydrogens (tertiary/aromatic N) is 1. The van der Waals surface area contributed by atoms with Crippen LogP contribution in [0.3, 0.4) is 0 Å². The van der Waals surface area contributed by atoms with Gasteiger partial charge in [-0.1, -0.05) is 231 Å². The first-order valence-corrected chi connectivity index (χ1v) is 22.8. The Bertz CT molecular complexity index is 3480. The van der Waals surface area contributed by atoms with Crippen LogP contribution in [0.4, 0.5) is 17.1 Å². The average Bonchev–Trinajstić information content (AvgIpc) is 3.70. The second-order valence-electron chi connectivity index (χ2n) is 17.2. The van der Waals surface area contributed by atoms with E-state index in [2.05, 4.69) is 278 Å². The van der Waals surface area contributed by atoms with E-state index in [0.29, 0.717) is 0 Å². The Balaban J connectivity index is 1.05. The quantitative estimate of drug-likeness (QED) is 0.140. The van der Waals surface area contributed by atoms with Gasteiger partial charge in [-0.2, -0.15) is 0 Å². The Hall–Kier alpha value is -8.52. The largest absolute Gasteiger partial charge is 0.310 e. The molecule has 0 heterocycles. The lowest BCUT2D eigenvalue weighted by Gasteiger charge is -2.35. The minimum absolute atomic E-state index is 0.532. The number of anilines is 3. The lowest BCUT2D eigenvalue weighted by Crippen LogP contribution is -2.28. The molecule has 0 radical (unpaired) electrons. The van der Waals surface area contributed by atoms with Crippen molar-refractivity contribution in [1.82, 2.24) is 0 Å². The van der Waals surface area contributed by atoms with Gasteiger partial charge in [0.1, 0.15) is 0 Å². The van der Waals surface area contributed by atoms with E-state index in [9.17, 15) is 0 Å². The Labute approximate surface area is 387 Å². The highest BCUT2D eigenvalue weighted by atomic mass is 15.1. The zero-order valence-electron chi connectivity index (χ0n) is 36.4. The van der Waals surface area contributed by atoms with Crippen molar-refractivity contribution in [1.29, 1.82) is 0 Å². The zero-order chi connectivity index (χ0) is 43.9. The van der Waals surface area contributed by atoms with E-state index in [1.807, 2.05) is 0 Å². The molecule has 0 saturated carbocycles. The third-order valence-corrected chi connectivity index (χ3v) is 13.6. The van der Waals surface area contributed by atoms with Crippen LogP contribution < -0.4 is 4.90 Å². The Morgan fingerprint density at radius 3 is 1.47 bits per heavy atom. The van der Waals surface area contributed by atoms with E-state index in [1.165, 1.54) is 83.1 Å². The summed E-state index contributed by atoms with van der Waals surface area (Å²) in [5.74, 6) is 0. The SMILES string of the molecule is c1ccc(-c2ccccc2-c2ccccc2N(c2ccc(-c3cccc(-c4ccc5ccccc5c4)c3)cc2)c2ccc3c(c2)C(c2ccccc2)(c2ccccc2)c2ccccc2-3)cc1. The lowest BCUT2D eigenvalue weighted by molar-refractivity contribution is 0.768. The summed E-state index contributed by atoms with van der Waals surface area (Å²) in [5.41, 5.74) is 19.8. The monoisotopic (exact) mass is 839 g/mol. The van der Waals surface area contributed by atoms with Crippen LogP contribution in [0.15, 0.2) is 273 Å². The maximum Gasteiger partial charge on any atom is 0.0714 e. The molecule has 0 saturated heterocycles. The summed E-state index contributed by atoms with van der Waals surface area (Å²) < 4.78 is 0. The molecule has 0 unspecified atom stereocenters. The molecule has 1 heteroatoms. The Kier molecular flexibility index (Phi) is 9.81. The van der Waals surface area contributed by atoms with Crippen LogP contribution in [0.25, 0.3) is 66.4 Å². The van der Waals surface area contributed by atoms with E-state index >= 15 is 0 Å². The second-order valence-corrected chi connectivity index (χ2v) is 17.2. The van der Waals surface area contributed by atoms with Crippen LogP contribution in [0.5, 0.6) is 0 Å². The highest BCUT2D eigenvalue weighted by molar-refractivity contribution is 5.96. The van der Waals surface area contributed by atoms with Gasteiger partial charge in [-0.25, -0.2) is 0 Å². The molecule has 0 N–H and O–H groups in total. The minimum atomic E-state index is -0.532. The van der Waals surface area contributed by atoms with Gasteiger partial charge in [0.05, 0.1) is 11.1 Å². The standard InChI is InChI=1S/C65H45N/c1-4-20-48(21-5-1)57-29-12-13-30-58(57)61-32-15-17-34-64(61)66(55-39-37-47(38-40-55)50-23-18-24-51(43-50)52-36-35-46-19-10-11-22-49(46)44-52)56-41-42-60-59-31-14-16-33-62(59)65(63(60)45-56,53-25-6-2-7-26-53)54-27-8-3-9-28-54/h1-45H. The fraction of sp³-hybridized carbons (Fsp3) is 0.0154. The molecule has 1 aliphatic rings. The predicted molar refractivity (Wildman–Crippen MR) is 278 cm³/mol. The molecule has 0 aliphatic heterocycles. The number of hydrogen-bond donors (Lipinski definition) is 0. The Morgan fingerprint density at radius 1 is 0.242 bits per heavy atom. The number of para-hydroxylation sites is 1. The Morgan fingerprint density at radius 2 is 0.742 bits per heavy atom. The summed E-state index contributed by atoms with van der Waals surface area (Å²) in [4.78, 5) is 2.47. The van der Waals surface area contributed by atoms with Gasteiger partial charge in [0, 0.05) is 16.9 Å². The van der Waals surface area contributed by atoms with Crippen LogP contribution >= 0.6 is 0 Å². The van der Waals surface area contributed by atoms with E-state index < -0.39 is 5.41 Å². The summed E-state index contributed by atoms with van der Waals surface area (Å²) in [6.07, 6.45) is 0. The molecule has 0 aromatic heterocycles. The van der Waals surface area contributed by atoms with Gasteiger partial charge in [-0.05, 0) is 126 Å². The zero-order valence-corrected chi connectivity index (χ0v) is 36.4. The summed E-state index contributed by atoms with van der Waals surface area (Å²) in [6, 6.07) is 100. The van der Waals surface area contributed by atoms with Crippen molar-refractivity contribution < 1.29 is 0 Å². The van der Waals surface area contributed by atoms with Gasteiger partial charge >= 0.3 is 0 Å². The number of hydrogen-bond acceptors (Lipinski definition) is 1. The van der Waals surface area contributed by atoms with Gasteiger partial charge < -0.3 is 4.90 Å². The normalized spacial score (nSPS) is 12.4. The number of fused-ring (bicyclic) bond motifs is 4. The van der Waals surface area contributed by atoms with Crippen molar-refractivity contribution in [3.63, 3.8) is 0 Å². The average molecular weight is 840 g/mol. The number of rotatable bonds is 9. The van der Waals surface area contributed by atoms with Gasteiger partial charge in [0.25, 0.3) is 0 Å². The molecule has 0 spiro atoms. The van der Waals surface area contributed by atoms with Gasteiger partial charge in [0.2, 0.25) is 0 Å². The van der Waals surface area contributed by atoms with E-state index in [0.717, 1.165) is 22.6 Å². The maximum atomic E-state index is 2.47. The summed E-state index contributed by atoms with van der Waals surface area (Å²) in [5, 5.41) is 2.50. The molecule has 66 heavy (non-hydrogen) atoms. The maximum absolute atomic E-state index is 2.47. The van der Waals surface area contributed by atoms with Crippen LogP contribution in [0.1, 0.15) is 22.3 Å². The first-order chi connectivity index (χ1) is 32.7. The van der Waals surface area contributed by atoms with E-state index in [-0.39, 0.29) is 0 Å². The summed E-state index contributed by atoms with van der Waals surface area (Å²) >= 11 is 0. The molecule has 0 bridgehead atoms. The van der Waals surface area contributed by atoms with Gasteiger partial charge in [0.15, 0.2) is 0 Å². The van der Waals surface area contributed by atoms with Crippen molar-refractivity contribution in [2.75, 3.05) is 4.90 Å². The molecule has 0 fully saturated rings. The highest BCUT2D eigenvalue weighted by Gasteiger charge is 2.46. The summed E-state index contributed by atoms with van der Waals surface area (Å²) in [6.45, 7) is 0. The molecular formula is C65H45N. The molecule has 11 aromatic rings. The van der Waals surface area contributed by atoms with Crippen LogP contribution in [-0.4, -0.2) is 0 Å². The van der Waals surface area contributed by atoms with Crippen LogP contribution in [0, 0.1) is 0 Å². The molecule has 11 aromatic carbocycles. The van der Waals surface area contributed by atoms with Crippen molar-refractivity contribution in [3.8, 4) is 55.6 Å². The van der Waals surface area contributed by atoms with Crippen LogP contribution in [-0.2, 0) is 5.41 Å². The molecule has 1 nitrogen and oxygen atoms in total. The van der Waals surface area contributed by atoms with E-state index in [4.69, 9.17) is 0 Å². The van der Waals surface area contributed by atoms with Crippen molar-refractivity contribution in [2.24, 2.45) is 0 Å². The first-order valence-electron chi connectivity index (χ1n) is 22.8. The third kappa shape index (κ3) is 6.64. The molecule has 0 atom stereocenters. The minimum Gasteiger partial charge on any atom is -0.310 e. The molecule has 1 aliphatic carbocycles. The van der Waals surface area contributed by atoms with E-state index in [1.54, 1.807) is 0 Å². The molecule has 310 valence electrons. The van der Waals surface area contributed by atoms with Crippen LogP contribution in [0.2, 0.25) is 0 Å². The van der Waals surface area contributed by atoms with Crippen molar-refractivity contribution in [2.45, 2.75) is 5.41 Å². The summed E-state index contributed by atoms with van der Waals surface area (Å²) in [7, 11) is 0. The van der Waals surface area contributed by atoms with Crippen molar-refractivity contribution in [3.05, 3.63) is 295 Å². The second kappa shape index (κ2) is 16.6. The van der Waals surface area contributed by atoms with Gasteiger partial charge in [-0.15, -0.1) is 0 Å².